The zero-order valence-electron chi connectivity index (χ0n) is 13.4. The van der Waals surface area contributed by atoms with E-state index in [4.69, 9.17) is 9.47 Å². The monoisotopic (exact) mass is 331 g/mol. The summed E-state index contributed by atoms with van der Waals surface area (Å²) < 4.78 is 10.7. The van der Waals surface area contributed by atoms with Gasteiger partial charge < -0.3 is 14.8 Å². The van der Waals surface area contributed by atoms with E-state index in [0.29, 0.717) is 18.9 Å². The van der Waals surface area contributed by atoms with Gasteiger partial charge in [0.15, 0.2) is 0 Å². The van der Waals surface area contributed by atoms with Crippen LogP contribution in [0.5, 0.6) is 11.5 Å². The smallest absolute Gasteiger partial charge is 0.230 e. The standard InChI is InChI=1S/C18H21NO3S/c1-3-22-15-8-10-16(11-9-15)23-13-18(20)19-12-14-6-4-5-7-17(14)21-2/h4-11H,3,12-13H2,1-2H3,(H,19,20). The van der Waals surface area contributed by atoms with Crippen molar-refractivity contribution in [1.29, 1.82) is 0 Å². The van der Waals surface area contributed by atoms with Crippen LogP contribution in [0, 0.1) is 0 Å². The summed E-state index contributed by atoms with van der Waals surface area (Å²) >= 11 is 1.50. The number of methoxy groups -OCH3 is 1. The lowest BCUT2D eigenvalue weighted by atomic mass is 10.2. The zero-order chi connectivity index (χ0) is 16.5. The Kier molecular flexibility index (Phi) is 6.81. The molecule has 0 fully saturated rings. The summed E-state index contributed by atoms with van der Waals surface area (Å²) in [4.78, 5) is 13.0. The first-order chi connectivity index (χ1) is 11.2. The molecule has 0 saturated heterocycles. The molecule has 1 N–H and O–H groups in total. The number of benzene rings is 2. The lowest BCUT2D eigenvalue weighted by Crippen LogP contribution is -2.24. The molecule has 0 saturated carbocycles. The molecule has 0 aromatic heterocycles. The molecule has 2 aromatic carbocycles. The van der Waals surface area contributed by atoms with Gasteiger partial charge in [0.05, 0.1) is 19.5 Å². The van der Waals surface area contributed by atoms with Crippen molar-refractivity contribution in [3.05, 3.63) is 54.1 Å². The second kappa shape index (κ2) is 9.10. The average Bonchev–Trinajstić information content (AvgIpc) is 2.60. The molecule has 0 spiro atoms. The fourth-order valence-electron chi connectivity index (χ4n) is 2.04. The van der Waals surface area contributed by atoms with Crippen LogP contribution < -0.4 is 14.8 Å². The molecule has 0 bridgehead atoms. The molecule has 0 aliphatic rings. The van der Waals surface area contributed by atoms with Crippen molar-refractivity contribution < 1.29 is 14.3 Å². The minimum atomic E-state index is -0.00482. The number of carbonyl (C=O) groups is 1. The lowest BCUT2D eigenvalue weighted by molar-refractivity contribution is -0.118. The molecule has 5 heteroatoms. The molecule has 0 aliphatic heterocycles. The summed E-state index contributed by atoms with van der Waals surface area (Å²) in [5.41, 5.74) is 0.967. The van der Waals surface area contributed by atoms with Crippen LogP contribution in [0.25, 0.3) is 0 Å². The van der Waals surface area contributed by atoms with E-state index in [9.17, 15) is 4.79 Å². The number of thioether (sulfide) groups is 1. The Morgan fingerprint density at radius 1 is 1.13 bits per heavy atom. The van der Waals surface area contributed by atoms with E-state index in [1.807, 2.05) is 55.5 Å². The number of amides is 1. The largest absolute Gasteiger partial charge is 0.496 e. The van der Waals surface area contributed by atoms with Crippen molar-refractivity contribution in [3.8, 4) is 11.5 Å². The third kappa shape index (κ3) is 5.53. The average molecular weight is 331 g/mol. The highest BCUT2D eigenvalue weighted by atomic mass is 32.2. The number of rotatable bonds is 8. The van der Waals surface area contributed by atoms with E-state index in [0.717, 1.165) is 22.0 Å². The molecule has 0 radical (unpaired) electrons. The summed E-state index contributed by atoms with van der Waals surface area (Å²) in [6.07, 6.45) is 0. The fraction of sp³-hybridized carbons (Fsp3) is 0.278. The van der Waals surface area contributed by atoms with Crippen molar-refractivity contribution in [2.45, 2.75) is 18.4 Å². The number of carbonyl (C=O) groups excluding carboxylic acids is 1. The topological polar surface area (TPSA) is 47.6 Å². The predicted octanol–water partition coefficient (Wildman–Crippen LogP) is 3.50. The van der Waals surface area contributed by atoms with Gasteiger partial charge in [-0.05, 0) is 37.3 Å². The molecule has 2 aromatic rings. The molecule has 4 nitrogen and oxygen atoms in total. The van der Waals surface area contributed by atoms with Gasteiger partial charge >= 0.3 is 0 Å². The van der Waals surface area contributed by atoms with Gasteiger partial charge in [0.2, 0.25) is 5.91 Å². The first-order valence-corrected chi connectivity index (χ1v) is 8.45. The highest BCUT2D eigenvalue weighted by molar-refractivity contribution is 8.00. The molecule has 122 valence electrons. The van der Waals surface area contributed by atoms with Crippen molar-refractivity contribution >= 4 is 17.7 Å². The van der Waals surface area contributed by atoms with Crippen LogP contribution in [0.15, 0.2) is 53.4 Å². The molecular formula is C18H21NO3S. The molecular weight excluding hydrogens is 310 g/mol. The summed E-state index contributed by atoms with van der Waals surface area (Å²) in [5.74, 6) is 2.00. The van der Waals surface area contributed by atoms with Crippen LogP contribution in [-0.4, -0.2) is 25.4 Å². The van der Waals surface area contributed by atoms with E-state index in [-0.39, 0.29) is 5.91 Å². The summed E-state index contributed by atoms with van der Waals surface area (Å²) in [7, 11) is 1.63. The van der Waals surface area contributed by atoms with Gasteiger partial charge in [-0.3, -0.25) is 4.79 Å². The highest BCUT2D eigenvalue weighted by Gasteiger charge is 2.06. The van der Waals surface area contributed by atoms with Crippen LogP contribution in [0.2, 0.25) is 0 Å². The third-order valence-corrected chi connectivity index (χ3v) is 4.19. The Labute approximate surface area is 141 Å². The van der Waals surface area contributed by atoms with E-state index < -0.39 is 0 Å². The first kappa shape index (κ1) is 17.2. The van der Waals surface area contributed by atoms with Gasteiger partial charge in [-0.1, -0.05) is 18.2 Å². The second-order valence-corrected chi connectivity index (χ2v) is 5.83. The minimum Gasteiger partial charge on any atom is -0.496 e. The van der Waals surface area contributed by atoms with Crippen LogP contribution in [0.4, 0.5) is 0 Å². The van der Waals surface area contributed by atoms with Gasteiger partial charge in [0.25, 0.3) is 0 Å². The van der Waals surface area contributed by atoms with Gasteiger partial charge in [-0.25, -0.2) is 0 Å². The fourth-order valence-corrected chi connectivity index (χ4v) is 2.77. The SMILES string of the molecule is CCOc1ccc(SCC(=O)NCc2ccccc2OC)cc1. The summed E-state index contributed by atoms with van der Waals surface area (Å²) in [6.45, 7) is 3.07. The van der Waals surface area contributed by atoms with Crippen molar-refractivity contribution in [2.24, 2.45) is 0 Å². The minimum absolute atomic E-state index is 0.00482. The molecule has 0 atom stereocenters. The Morgan fingerprint density at radius 3 is 2.57 bits per heavy atom. The van der Waals surface area contributed by atoms with Crippen molar-refractivity contribution in [1.82, 2.24) is 5.32 Å². The van der Waals surface area contributed by atoms with Crippen LogP contribution >= 0.6 is 11.8 Å². The van der Waals surface area contributed by atoms with E-state index in [1.54, 1.807) is 7.11 Å². The Bertz CT molecular complexity index is 628. The number of ether oxygens (including phenoxy) is 2. The van der Waals surface area contributed by atoms with E-state index in [1.165, 1.54) is 11.8 Å². The van der Waals surface area contributed by atoms with Gasteiger partial charge in [0.1, 0.15) is 11.5 Å². The van der Waals surface area contributed by atoms with Gasteiger partial charge in [-0.15, -0.1) is 11.8 Å². The number of hydrogen-bond acceptors (Lipinski definition) is 4. The van der Waals surface area contributed by atoms with Gasteiger partial charge in [0, 0.05) is 17.0 Å². The summed E-state index contributed by atoms with van der Waals surface area (Å²) in [6, 6.07) is 15.4. The van der Waals surface area contributed by atoms with Crippen LogP contribution in [-0.2, 0) is 11.3 Å². The Morgan fingerprint density at radius 2 is 1.87 bits per heavy atom. The van der Waals surface area contributed by atoms with Gasteiger partial charge in [-0.2, -0.15) is 0 Å². The van der Waals surface area contributed by atoms with E-state index in [2.05, 4.69) is 5.32 Å². The maximum Gasteiger partial charge on any atom is 0.230 e. The molecule has 0 aliphatic carbocycles. The zero-order valence-corrected chi connectivity index (χ0v) is 14.2. The maximum absolute atomic E-state index is 12.0. The Hall–Kier alpha value is -2.14. The number of hydrogen-bond donors (Lipinski definition) is 1. The molecule has 1 amide bonds. The molecule has 0 heterocycles. The van der Waals surface area contributed by atoms with Crippen molar-refractivity contribution in [2.75, 3.05) is 19.5 Å². The first-order valence-electron chi connectivity index (χ1n) is 7.47. The molecule has 0 unspecified atom stereocenters. The van der Waals surface area contributed by atoms with Crippen LogP contribution in [0.1, 0.15) is 12.5 Å². The number of nitrogens with one attached hydrogen (secondary N) is 1. The van der Waals surface area contributed by atoms with E-state index >= 15 is 0 Å². The second-order valence-electron chi connectivity index (χ2n) is 4.78. The molecule has 2 rings (SSSR count). The third-order valence-electron chi connectivity index (χ3n) is 3.17. The quantitative estimate of drug-likeness (QED) is 0.752. The molecule has 23 heavy (non-hydrogen) atoms. The van der Waals surface area contributed by atoms with Crippen molar-refractivity contribution in [3.63, 3.8) is 0 Å². The van der Waals surface area contributed by atoms with Crippen LogP contribution in [0.3, 0.4) is 0 Å². The highest BCUT2D eigenvalue weighted by Crippen LogP contribution is 2.21. The normalized spacial score (nSPS) is 10.2. The predicted molar refractivity (Wildman–Crippen MR) is 93.2 cm³/mol. The maximum atomic E-state index is 12.0. The number of para-hydroxylation sites is 1. The Balaban J connectivity index is 1.78. The lowest BCUT2D eigenvalue weighted by Gasteiger charge is -2.09. The summed E-state index contributed by atoms with van der Waals surface area (Å²) in [5, 5.41) is 2.91.